The van der Waals surface area contributed by atoms with E-state index in [0.29, 0.717) is 5.82 Å². The van der Waals surface area contributed by atoms with E-state index in [-0.39, 0.29) is 18.4 Å². The van der Waals surface area contributed by atoms with Gasteiger partial charge in [-0.3, -0.25) is 4.79 Å². The maximum atomic E-state index is 12.0. The zero-order valence-electron chi connectivity index (χ0n) is 12.1. The van der Waals surface area contributed by atoms with E-state index in [4.69, 9.17) is 0 Å². The van der Waals surface area contributed by atoms with Gasteiger partial charge in [0.25, 0.3) is 0 Å². The van der Waals surface area contributed by atoms with Crippen LogP contribution in [-0.4, -0.2) is 31.7 Å². The first-order valence-electron chi connectivity index (χ1n) is 6.47. The number of carbonyl (C=O) groups excluding carboxylic acids is 1. The van der Waals surface area contributed by atoms with Crippen molar-refractivity contribution in [2.75, 3.05) is 0 Å². The molecule has 0 bridgehead atoms. The smallest absolute Gasteiger partial charge is 0.244 e. The first kappa shape index (κ1) is 15.1. The molecule has 110 valence electrons. The van der Waals surface area contributed by atoms with Crippen molar-refractivity contribution in [1.82, 2.24) is 25.5 Å². The number of nitrogens with zero attached hydrogens (tertiary/aromatic N) is 5. The number of nitrogens with one attached hydrogen (secondary N) is 1. The van der Waals surface area contributed by atoms with Gasteiger partial charge in [0, 0.05) is 10.9 Å². The van der Waals surface area contributed by atoms with Gasteiger partial charge in [-0.1, -0.05) is 13.8 Å². The van der Waals surface area contributed by atoms with Crippen LogP contribution >= 0.6 is 11.3 Å². The molecule has 2 aromatic rings. The predicted octanol–water partition coefficient (Wildman–Crippen LogP) is 1.46. The van der Waals surface area contributed by atoms with Crippen molar-refractivity contribution in [1.29, 1.82) is 5.26 Å². The quantitative estimate of drug-likeness (QED) is 0.902. The number of thiophene rings is 1. The minimum atomic E-state index is -0.909. The van der Waals surface area contributed by atoms with Crippen molar-refractivity contribution in [3.63, 3.8) is 0 Å². The lowest BCUT2D eigenvalue weighted by molar-refractivity contribution is -0.123. The minimum absolute atomic E-state index is 0.00322. The van der Waals surface area contributed by atoms with Crippen LogP contribution in [0.4, 0.5) is 0 Å². The predicted molar refractivity (Wildman–Crippen MR) is 78.1 cm³/mol. The summed E-state index contributed by atoms with van der Waals surface area (Å²) in [6, 6.07) is 4.01. The number of carbonyl (C=O) groups is 1. The molecule has 2 heterocycles. The van der Waals surface area contributed by atoms with Crippen LogP contribution in [0.2, 0.25) is 0 Å². The Hall–Kier alpha value is -2.27. The van der Waals surface area contributed by atoms with Crippen LogP contribution in [0.1, 0.15) is 20.8 Å². The molecule has 0 aliphatic carbocycles. The Balaban J connectivity index is 2.02. The van der Waals surface area contributed by atoms with E-state index < -0.39 is 5.54 Å². The lowest BCUT2D eigenvalue weighted by Gasteiger charge is -2.27. The van der Waals surface area contributed by atoms with Crippen LogP contribution in [0.5, 0.6) is 0 Å². The highest BCUT2D eigenvalue weighted by Crippen LogP contribution is 2.17. The maximum absolute atomic E-state index is 12.0. The Morgan fingerprint density at radius 2 is 2.38 bits per heavy atom. The molecule has 0 fully saturated rings. The molecular weight excluding hydrogens is 288 g/mol. The second kappa shape index (κ2) is 6.01. The molecule has 0 saturated carbocycles. The van der Waals surface area contributed by atoms with Crippen molar-refractivity contribution >= 4 is 17.2 Å². The van der Waals surface area contributed by atoms with Crippen LogP contribution in [-0.2, 0) is 11.3 Å². The first-order valence-corrected chi connectivity index (χ1v) is 7.41. The SMILES string of the molecule is CC(C)[C@@](C)(C#N)NC(=O)Cn1nnc(-c2ccsc2)n1. The Morgan fingerprint density at radius 3 is 2.95 bits per heavy atom. The lowest BCUT2D eigenvalue weighted by atomic mass is 9.90. The summed E-state index contributed by atoms with van der Waals surface area (Å²) in [5, 5.41) is 27.6. The number of hydrogen-bond donors (Lipinski definition) is 1. The van der Waals surface area contributed by atoms with Gasteiger partial charge < -0.3 is 5.32 Å². The van der Waals surface area contributed by atoms with Crippen molar-refractivity contribution in [3.05, 3.63) is 16.8 Å². The van der Waals surface area contributed by atoms with Crippen LogP contribution in [0.25, 0.3) is 11.4 Å². The highest BCUT2D eigenvalue weighted by atomic mass is 32.1. The summed E-state index contributed by atoms with van der Waals surface area (Å²) in [4.78, 5) is 13.2. The topological polar surface area (TPSA) is 96.5 Å². The molecule has 0 saturated heterocycles. The number of nitriles is 1. The van der Waals surface area contributed by atoms with Crippen molar-refractivity contribution in [2.24, 2.45) is 5.92 Å². The van der Waals surface area contributed by atoms with E-state index >= 15 is 0 Å². The van der Waals surface area contributed by atoms with Gasteiger partial charge in [0.2, 0.25) is 11.7 Å². The molecule has 1 atom stereocenters. The summed E-state index contributed by atoms with van der Waals surface area (Å²) >= 11 is 1.54. The molecule has 7 nitrogen and oxygen atoms in total. The van der Waals surface area contributed by atoms with Gasteiger partial charge in [-0.2, -0.15) is 21.4 Å². The fourth-order valence-corrected chi connectivity index (χ4v) is 2.21. The molecule has 1 amide bonds. The molecule has 0 aromatic carbocycles. The Bertz CT molecular complexity index is 657. The Labute approximate surface area is 126 Å². The zero-order valence-corrected chi connectivity index (χ0v) is 12.9. The fourth-order valence-electron chi connectivity index (χ4n) is 1.58. The Kier molecular flexibility index (Phi) is 4.33. The molecule has 21 heavy (non-hydrogen) atoms. The highest BCUT2D eigenvalue weighted by molar-refractivity contribution is 7.08. The summed E-state index contributed by atoms with van der Waals surface area (Å²) in [5.74, 6) is 0.162. The van der Waals surface area contributed by atoms with Crippen molar-refractivity contribution < 1.29 is 4.79 Å². The van der Waals surface area contributed by atoms with E-state index in [9.17, 15) is 10.1 Å². The molecule has 2 rings (SSSR count). The average molecular weight is 304 g/mol. The summed E-state index contributed by atoms with van der Waals surface area (Å²) in [5.41, 5.74) is -0.0379. The van der Waals surface area contributed by atoms with Crippen LogP contribution in [0.3, 0.4) is 0 Å². The number of amides is 1. The van der Waals surface area contributed by atoms with Gasteiger partial charge in [-0.15, -0.1) is 10.2 Å². The van der Waals surface area contributed by atoms with Gasteiger partial charge in [0.15, 0.2) is 0 Å². The molecule has 2 aromatic heterocycles. The third-order valence-electron chi connectivity index (χ3n) is 3.30. The molecule has 0 spiro atoms. The van der Waals surface area contributed by atoms with Gasteiger partial charge in [-0.05, 0) is 29.5 Å². The second-order valence-corrected chi connectivity index (χ2v) is 5.95. The average Bonchev–Trinajstić information content (AvgIpc) is 3.08. The summed E-state index contributed by atoms with van der Waals surface area (Å²) in [7, 11) is 0. The summed E-state index contributed by atoms with van der Waals surface area (Å²) < 4.78 is 0. The van der Waals surface area contributed by atoms with E-state index in [1.54, 1.807) is 6.92 Å². The largest absolute Gasteiger partial charge is 0.336 e. The van der Waals surface area contributed by atoms with E-state index in [1.165, 1.54) is 16.1 Å². The lowest BCUT2D eigenvalue weighted by Crippen LogP contribution is -2.50. The molecule has 0 radical (unpaired) electrons. The van der Waals surface area contributed by atoms with E-state index in [0.717, 1.165) is 5.56 Å². The van der Waals surface area contributed by atoms with Gasteiger partial charge in [-0.25, -0.2) is 0 Å². The molecular formula is C13H16N6OS. The number of aromatic nitrogens is 4. The second-order valence-electron chi connectivity index (χ2n) is 5.17. The van der Waals surface area contributed by atoms with E-state index in [1.807, 2.05) is 30.7 Å². The standard InChI is InChI=1S/C13H16N6OS/c1-9(2)13(3,8-14)15-11(20)6-19-17-12(16-18-19)10-4-5-21-7-10/h4-5,7,9H,6H2,1-3H3,(H,15,20)/t13-/m1/s1. The van der Waals surface area contributed by atoms with Crippen LogP contribution in [0, 0.1) is 17.2 Å². The monoisotopic (exact) mass is 304 g/mol. The van der Waals surface area contributed by atoms with Gasteiger partial charge >= 0.3 is 0 Å². The maximum Gasteiger partial charge on any atom is 0.244 e. The summed E-state index contributed by atoms with van der Waals surface area (Å²) in [6.45, 7) is 5.39. The molecule has 8 heteroatoms. The van der Waals surface area contributed by atoms with Crippen molar-refractivity contribution in [3.8, 4) is 17.5 Å². The number of tetrazole rings is 1. The first-order chi connectivity index (χ1) is 9.94. The molecule has 0 aliphatic rings. The Morgan fingerprint density at radius 1 is 1.62 bits per heavy atom. The van der Waals surface area contributed by atoms with Gasteiger partial charge in [0.05, 0.1) is 6.07 Å². The minimum Gasteiger partial charge on any atom is -0.336 e. The molecule has 0 unspecified atom stereocenters. The van der Waals surface area contributed by atoms with Crippen LogP contribution in [0.15, 0.2) is 16.8 Å². The number of hydrogen-bond acceptors (Lipinski definition) is 6. The third kappa shape index (κ3) is 3.44. The summed E-state index contributed by atoms with van der Waals surface area (Å²) in [6.07, 6.45) is 0. The van der Waals surface area contributed by atoms with Crippen molar-refractivity contribution in [2.45, 2.75) is 32.9 Å². The molecule has 1 N–H and O–H groups in total. The zero-order chi connectivity index (χ0) is 15.5. The highest BCUT2D eigenvalue weighted by Gasteiger charge is 2.30. The molecule has 0 aliphatic heterocycles. The van der Waals surface area contributed by atoms with E-state index in [2.05, 4.69) is 26.8 Å². The van der Waals surface area contributed by atoms with Gasteiger partial charge in [0.1, 0.15) is 12.1 Å². The van der Waals surface area contributed by atoms with Crippen LogP contribution < -0.4 is 5.32 Å². The fraction of sp³-hybridized carbons (Fsp3) is 0.462. The normalized spacial score (nSPS) is 13.7. The third-order valence-corrected chi connectivity index (χ3v) is 3.99. The number of rotatable bonds is 5.